The lowest BCUT2D eigenvalue weighted by Crippen LogP contribution is -2.37. The summed E-state index contributed by atoms with van der Waals surface area (Å²) in [4.78, 5) is 13.5. The quantitative estimate of drug-likeness (QED) is 0.928. The van der Waals surface area contributed by atoms with E-state index in [1.54, 1.807) is 19.2 Å². The third-order valence-electron chi connectivity index (χ3n) is 2.90. The number of aryl methyl sites for hydroxylation is 1. The van der Waals surface area contributed by atoms with Crippen molar-refractivity contribution in [2.45, 2.75) is 13.2 Å². The van der Waals surface area contributed by atoms with Gasteiger partial charge in [0.15, 0.2) is 6.29 Å². The fourth-order valence-electron chi connectivity index (χ4n) is 1.76. The Hall–Kier alpha value is -1.30. The Kier molecular flexibility index (Phi) is 4.63. The predicted molar refractivity (Wildman–Crippen MR) is 73.5 cm³/mol. The molecular weight excluding hydrogens is 268 g/mol. The highest BCUT2D eigenvalue weighted by Gasteiger charge is 2.20. The van der Waals surface area contributed by atoms with Crippen molar-refractivity contribution in [2.75, 3.05) is 32.1 Å². The standard InChI is InChI=1S/C13H17ClN2O3/c1-9-3-4-10(14)7-11(9)15-13(17)16(2)8-12-18-5-6-19-12/h3-4,7,12H,5-6,8H2,1-2H3,(H,15,17). The fourth-order valence-corrected chi connectivity index (χ4v) is 1.93. The number of likely N-dealkylation sites (N-methyl/N-ethyl adjacent to an activating group) is 1. The summed E-state index contributed by atoms with van der Waals surface area (Å²) in [5, 5.41) is 3.41. The van der Waals surface area contributed by atoms with Crippen LogP contribution in [0.2, 0.25) is 5.02 Å². The molecule has 1 aromatic rings. The lowest BCUT2D eigenvalue weighted by atomic mass is 10.2. The van der Waals surface area contributed by atoms with Crippen LogP contribution in [-0.4, -0.2) is 44.0 Å². The van der Waals surface area contributed by atoms with E-state index in [0.717, 1.165) is 5.56 Å². The van der Waals surface area contributed by atoms with Crippen LogP contribution in [0.25, 0.3) is 0 Å². The summed E-state index contributed by atoms with van der Waals surface area (Å²) in [7, 11) is 1.69. The van der Waals surface area contributed by atoms with Crippen LogP contribution >= 0.6 is 11.6 Å². The first kappa shape index (κ1) is 14.1. The molecule has 0 spiro atoms. The number of carbonyl (C=O) groups is 1. The molecule has 0 atom stereocenters. The molecule has 0 saturated carbocycles. The molecule has 1 N–H and O–H groups in total. The van der Waals surface area contributed by atoms with Gasteiger partial charge >= 0.3 is 6.03 Å². The number of anilines is 1. The van der Waals surface area contributed by atoms with Crippen LogP contribution in [0.3, 0.4) is 0 Å². The van der Waals surface area contributed by atoms with Crippen molar-refractivity contribution < 1.29 is 14.3 Å². The number of rotatable bonds is 3. The third kappa shape index (κ3) is 3.83. The Morgan fingerprint density at radius 2 is 2.16 bits per heavy atom. The largest absolute Gasteiger partial charge is 0.348 e. The van der Waals surface area contributed by atoms with Crippen LogP contribution in [0.5, 0.6) is 0 Å². The lowest BCUT2D eigenvalue weighted by molar-refractivity contribution is -0.0518. The highest BCUT2D eigenvalue weighted by molar-refractivity contribution is 6.31. The number of hydrogen-bond donors (Lipinski definition) is 1. The van der Waals surface area contributed by atoms with E-state index in [2.05, 4.69) is 5.32 Å². The molecule has 19 heavy (non-hydrogen) atoms. The molecule has 1 aromatic carbocycles. The van der Waals surface area contributed by atoms with E-state index in [0.29, 0.717) is 30.5 Å². The second kappa shape index (κ2) is 6.23. The second-order valence-electron chi connectivity index (χ2n) is 4.44. The molecule has 0 bridgehead atoms. The number of hydrogen-bond acceptors (Lipinski definition) is 3. The average Bonchev–Trinajstić information content (AvgIpc) is 2.86. The zero-order valence-corrected chi connectivity index (χ0v) is 11.7. The van der Waals surface area contributed by atoms with E-state index in [1.807, 2.05) is 13.0 Å². The molecular formula is C13H17ClN2O3. The molecule has 1 saturated heterocycles. The summed E-state index contributed by atoms with van der Waals surface area (Å²) in [5.41, 5.74) is 1.66. The first-order chi connectivity index (χ1) is 9.06. The SMILES string of the molecule is Cc1ccc(Cl)cc1NC(=O)N(C)CC1OCCO1. The van der Waals surface area contributed by atoms with Crippen LogP contribution in [-0.2, 0) is 9.47 Å². The van der Waals surface area contributed by atoms with Gasteiger partial charge in [-0.2, -0.15) is 0 Å². The van der Waals surface area contributed by atoms with Gasteiger partial charge < -0.3 is 19.7 Å². The highest BCUT2D eigenvalue weighted by Crippen LogP contribution is 2.20. The molecule has 0 aliphatic carbocycles. The summed E-state index contributed by atoms with van der Waals surface area (Å²) in [5.74, 6) is 0. The number of nitrogens with one attached hydrogen (secondary N) is 1. The van der Waals surface area contributed by atoms with Crippen molar-refractivity contribution in [1.82, 2.24) is 4.90 Å². The van der Waals surface area contributed by atoms with Crippen molar-refractivity contribution in [3.8, 4) is 0 Å². The van der Waals surface area contributed by atoms with Crippen LogP contribution < -0.4 is 5.32 Å². The molecule has 1 fully saturated rings. The van der Waals surface area contributed by atoms with Crippen LogP contribution in [0.15, 0.2) is 18.2 Å². The first-order valence-electron chi connectivity index (χ1n) is 6.08. The molecule has 104 valence electrons. The minimum absolute atomic E-state index is 0.218. The third-order valence-corrected chi connectivity index (χ3v) is 3.14. The number of ether oxygens (including phenoxy) is 2. The molecule has 1 heterocycles. The maximum absolute atomic E-state index is 12.0. The van der Waals surface area contributed by atoms with Crippen molar-refractivity contribution >= 4 is 23.3 Å². The molecule has 0 aromatic heterocycles. The molecule has 5 nitrogen and oxygen atoms in total. The normalized spacial score (nSPS) is 15.5. The monoisotopic (exact) mass is 284 g/mol. The van der Waals surface area contributed by atoms with Gasteiger partial charge in [-0.3, -0.25) is 0 Å². The summed E-state index contributed by atoms with van der Waals surface area (Å²) in [6.45, 7) is 3.46. The molecule has 2 rings (SSSR count). The topological polar surface area (TPSA) is 50.8 Å². The Morgan fingerprint density at radius 3 is 2.84 bits per heavy atom. The Morgan fingerprint density at radius 1 is 1.47 bits per heavy atom. The van der Waals surface area contributed by atoms with Gasteiger partial charge in [0.05, 0.1) is 19.8 Å². The number of nitrogens with zero attached hydrogens (tertiary/aromatic N) is 1. The van der Waals surface area contributed by atoms with Gasteiger partial charge in [-0.1, -0.05) is 17.7 Å². The van der Waals surface area contributed by atoms with Gasteiger partial charge in [-0.05, 0) is 24.6 Å². The van der Waals surface area contributed by atoms with E-state index >= 15 is 0 Å². The van der Waals surface area contributed by atoms with Gasteiger partial charge in [0.25, 0.3) is 0 Å². The Labute approximate surface area is 117 Å². The molecule has 1 aliphatic heterocycles. The molecule has 0 unspecified atom stereocenters. The summed E-state index contributed by atoms with van der Waals surface area (Å²) in [6, 6.07) is 5.16. The predicted octanol–water partition coefficient (Wildman–Crippen LogP) is 2.49. The van der Waals surface area contributed by atoms with Crippen molar-refractivity contribution in [2.24, 2.45) is 0 Å². The van der Waals surface area contributed by atoms with Crippen molar-refractivity contribution in [3.63, 3.8) is 0 Å². The smallest absolute Gasteiger partial charge is 0.321 e. The van der Waals surface area contributed by atoms with Crippen molar-refractivity contribution in [1.29, 1.82) is 0 Å². The Bertz CT molecular complexity index is 461. The van der Waals surface area contributed by atoms with Gasteiger partial charge in [-0.25, -0.2) is 4.79 Å². The van der Waals surface area contributed by atoms with Gasteiger partial charge in [0.2, 0.25) is 0 Å². The molecule has 1 aliphatic rings. The van der Waals surface area contributed by atoms with E-state index in [1.165, 1.54) is 4.90 Å². The second-order valence-corrected chi connectivity index (χ2v) is 4.88. The van der Waals surface area contributed by atoms with Crippen LogP contribution in [0, 0.1) is 6.92 Å². The van der Waals surface area contributed by atoms with E-state index in [9.17, 15) is 4.79 Å². The fraction of sp³-hybridized carbons (Fsp3) is 0.462. The zero-order chi connectivity index (χ0) is 13.8. The zero-order valence-electron chi connectivity index (χ0n) is 11.0. The van der Waals surface area contributed by atoms with Crippen LogP contribution in [0.4, 0.5) is 10.5 Å². The number of amides is 2. The lowest BCUT2D eigenvalue weighted by Gasteiger charge is -2.21. The minimum atomic E-state index is -0.337. The molecule has 0 radical (unpaired) electrons. The number of benzene rings is 1. The average molecular weight is 285 g/mol. The summed E-state index contributed by atoms with van der Waals surface area (Å²) >= 11 is 5.91. The van der Waals surface area contributed by atoms with E-state index in [-0.39, 0.29) is 12.3 Å². The summed E-state index contributed by atoms with van der Waals surface area (Å²) in [6.07, 6.45) is -0.337. The van der Waals surface area contributed by atoms with Crippen LogP contribution in [0.1, 0.15) is 5.56 Å². The number of carbonyl (C=O) groups excluding carboxylic acids is 1. The van der Waals surface area contributed by atoms with Crippen molar-refractivity contribution in [3.05, 3.63) is 28.8 Å². The number of halogens is 1. The highest BCUT2D eigenvalue weighted by atomic mass is 35.5. The van der Waals surface area contributed by atoms with Gasteiger partial charge in [0.1, 0.15) is 0 Å². The molecule has 2 amide bonds. The maximum atomic E-state index is 12.0. The molecule has 6 heteroatoms. The minimum Gasteiger partial charge on any atom is -0.348 e. The first-order valence-corrected chi connectivity index (χ1v) is 6.45. The van der Waals surface area contributed by atoms with E-state index in [4.69, 9.17) is 21.1 Å². The van der Waals surface area contributed by atoms with Gasteiger partial charge in [0, 0.05) is 17.8 Å². The summed E-state index contributed by atoms with van der Waals surface area (Å²) < 4.78 is 10.6. The Balaban J connectivity index is 1.93. The van der Waals surface area contributed by atoms with E-state index < -0.39 is 0 Å². The maximum Gasteiger partial charge on any atom is 0.321 e. The number of urea groups is 1. The van der Waals surface area contributed by atoms with Gasteiger partial charge in [-0.15, -0.1) is 0 Å².